The molecule has 1 unspecified atom stereocenters. The molecule has 0 N–H and O–H groups in total. The van der Waals surface area contributed by atoms with Gasteiger partial charge in [-0.15, -0.1) is 13.2 Å². The first-order valence-electron chi connectivity index (χ1n) is 10.3. The molecule has 0 radical (unpaired) electrons. The molecule has 0 heterocycles. The van der Waals surface area contributed by atoms with Gasteiger partial charge in [0.15, 0.2) is 0 Å². The minimum atomic E-state index is -4.80. The average molecular weight is 450 g/mol. The zero-order valence-electron chi connectivity index (χ0n) is 17.2. The summed E-state index contributed by atoms with van der Waals surface area (Å²) in [6.45, 7) is 1.82. The van der Waals surface area contributed by atoms with Gasteiger partial charge in [-0.25, -0.2) is 13.2 Å². The van der Waals surface area contributed by atoms with Crippen molar-refractivity contribution in [2.24, 2.45) is 0 Å². The minimum absolute atomic E-state index is 0.0394. The fourth-order valence-corrected chi connectivity index (χ4v) is 4.35. The Morgan fingerprint density at radius 3 is 2.19 bits per heavy atom. The second kappa shape index (κ2) is 8.52. The van der Waals surface area contributed by atoms with E-state index in [0.717, 1.165) is 12.1 Å². The van der Waals surface area contributed by atoms with Gasteiger partial charge < -0.3 is 4.74 Å². The van der Waals surface area contributed by atoms with Gasteiger partial charge in [-0.05, 0) is 78.1 Å². The van der Waals surface area contributed by atoms with Gasteiger partial charge >= 0.3 is 6.36 Å². The summed E-state index contributed by atoms with van der Waals surface area (Å²) in [5.74, 6) is -2.40. The Labute approximate surface area is 181 Å². The zero-order chi connectivity index (χ0) is 23.0. The molecule has 1 nitrogen and oxygen atoms in total. The van der Waals surface area contributed by atoms with Crippen LogP contribution in [0.2, 0.25) is 0 Å². The smallest absolute Gasteiger partial charge is 0.406 e. The molecule has 168 valence electrons. The van der Waals surface area contributed by atoms with E-state index in [1.165, 1.54) is 24.3 Å². The maximum atomic E-state index is 15.2. The molecule has 3 aromatic carbocycles. The number of alkyl halides is 3. The average Bonchev–Trinajstić information content (AvgIpc) is 2.73. The van der Waals surface area contributed by atoms with E-state index in [2.05, 4.69) is 4.74 Å². The van der Waals surface area contributed by atoms with Crippen LogP contribution in [0.15, 0.2) is 48.5 Å². The van der Waals surface area contributed by atoms with Crippen LogP contribution in [0.3, 0.4) is 0 Å². The van der Waals surface area contributed by atoms with Crippen LogP contribution in [0.5, 0.6) is 5.75 Å². The molecule has 0 aromatic heterocycles. The van der Waals surface area contributed by atoms with Gasteiger partial charge in [0.05, 0.1) is 0 Å². The zero-order valence-corrected chi connectivity index (χ0v) is 17.2. The van der Waals surface area contributed by atoms with Crippen LogP contribution in [0, 0.1) is 17.5 Å². The van der Waals surface area contributed by atoms with Crippen molar-refractivity contribution >= 4 is 0 Å². The second-order valence-electron chi connectivity index (χ2n) is 7.90. The van der Waals surface area contributed by atoms with Gasteiger partial charge in [-0.1, -0.05) is 31.2 Å². The lowest BCUT2D eigenvalue weighted by Crippen LogP contribution is -2.17. The summed E-state index contributed by atoms with van der Waals surface area (Å²) in [6, 6.07) is 10.9. The lowest BCUT2D eigenvalue weighted by molar-refractivity contribution is -0.274. The summed E-state index contributed by atoms with van der Waals surface area (Å²) in [5, 5.41) is 0. The van der Waals surface area contributed by atoms with Gasteiger partial charge in [0, 0.05) is 11.1 Å². The van der Waals surface area contributed by atoms with Crippen molar-refractivity contribution < 1.29 is 31.1 Å². The van der Waals surface area contributed by atoms with Crippen molar-refractivity contribution in [2.45, 2.75) is 44.9 Å². The van der Waals surface area contributed by atoms with Crippen LogP contribution in [0.25, 0.3) is 11.1 Å². The first kappa shape index (κ1) is 22.2. The number of benzene rings is 3. The normalized spacial score (nSPS) is 16.0. The van der Waals surface area contributed by atoms with Gasteiger partial charge in [-0.3, -0.25) is 0 Å². The van der Waals surface area contributed by atoms with Gasteiger partial charge in [0.1, 0.15) is 23.2 Å². The number of hydrogen-bond acceptors (Lipinski definition) is 1. The SMILES string of the molecule is CCc1cc(F)c(C2CCc3c(ccc(-c4ccc(OC(F)(F)F)cc4)c3F)C2)c(F)c1. The molecule has 4 rings (SSSR count). The van der Waals surface area contributed by atoms with E-state index < -0.39 is 29.7 Å². The van der Waals surface area contributed by atoms with Crippen LogP contribution >= 0.6 is 0 Å². The van der Waals surface area contributed by atoms with Crippen LogP contribution in [-0.4, -0.2) is 6.36 Å². The summed E-state index contributed by atoms with van der Waals surface area (Å²) in [5.41, 5.74) is 2.44. The molecule has 1 aliphatic carbocycles. The Morgan fingerprint density at radius 2 is 1.59 bits per heavy atom. The Bertz CT molecular complexity index is 1110. The number of halogens is 6. The summed E-state index contributed by atoms with van der Waals surface area (Å²) >= 11 is 0. The molecule has 1 atom stereocenters. The maximum Gasteiger partial charge on any atom is 0.573 e. The molecular formula is C25H20F6O. The van der Waals surface area contributed by atoms with Gasteiger partial charge in [0.2, 0.25) is 0 Å². The van der Waals surface area contributed by atoms with E-state index in [4.69, 9.17) is 0 Å². The molecule has 0 amide bonds. The lowest BCUT2D eigenvalue weighted by Gasteiger charge is -2.27. The molecule has 0 saturated heterocycles. The quantitative estimate of drug-likeness (QED) is 0.374. The molecule has 0 bridgehead atoms. The Morgan fingerprint density at radius 1 is 0.938 bits per heavy atom. The molecule has 3 aromatic rings. The molecule has 1 aliphatic rings. The van der Waals surface area contributed by atoms with Crippen molar-refractivity contribution in [1.82, 2.24) is 0 Å². The summed E-state index contributed by atoms with van der Waals surface area (Å²) in [7, 11) is 0. The number of aryl methyl sites for hydroxylation is 1. The minimum Gasteiger partial charge on any atom is -0.406 e. The van der Waals surface area contributed by atoms with Crippen molar-refractivity contribution in [2.75, 3.05) is 0 Å². The first-order valence-corrected chi connectivity index (χ1v) is 10.3. The van der Waals surface area contributed by atoms with Gasteiger partial charge in [-0.2, -0.15) is 0 Å². The number of fused-ring (bicyclic) bond motifs is 1. The summed E-state index contributed by atoms with van der Waals surface area (Å²) in [4.78, 5) is 0. The predicted molar refractivity (Wildman–Crippen MR) is 109 cm³/mol. The Hall–Kier alpha value is -2.96. The van der Waals surface area contributed by atoms with Crippen molar-refractivity contribution in [1.29, 1.82) is 0 Å². The predicted octanol–water partition coefficient (Wildman–Crippen LogP) is 7.50. The van der Waals surface area contributed by atoms with Crippen LogP contribution < -0.4 is 4.74 Å². The van der Waals surface area contributed by atoms with Crippen LogP contribution in [0.4, 0.5) is 26.3 Å². The molecule has 7 heteroatoms. The van der Waals surface area contributed by atoms with Crippen LogP contribution in [-0.2, 0) is 19.3 Å². The fourth-order valence-electron chi connectivity index (χ4n) is 4.35. The highest BCUT2D eigenvalue weighted by Crippen LogP contribution is 2.39. The molecular weight excluding hydrogens is 430 g/mol. The van der Waals surface area contributed by atoms with E-state index >= 15 is 4.39 Å². The van der Waals surface area contributed by atoms with E-state index in [9.17, 15) is 22.0 Å². The first-order chi connectivity index (χ1) is 15.2. The third-order valence-electron chi connectivity index (χ3n) is 5.90. The highest BCUT2D eigenvalue weighted by atomic mass is 19.4. The third kappa shape index (κ3) is 4.47. The fraction of sp³-hybridized carbons (Fsp3) is 0.280. The standard InChI is InChI=1S/C25H20F6O/c1-2-14-11-21(26)23(22(27)12-14)17-6-10-20-16(13-17)5-9-19(24(20)28)15-3-7-18(8-4-15)32-25(29,30)31/h3-5,7-9,11-12,17H,2,6,10,13H2,1H3. The highest BCUT2D eigenvalue weighted by molar-refractivity contribution is 5.67. The van der Waals surface area contributed by atoms with E-state index in [-0.39, 0.29) is 16.9 Å². The number of ether oxygens (including phenoxy) is 1. The molecule has 0 aliphatic heterocycles. The topological polar surface area (TPSA) is 9.23 Å². The molecule has 0 saturated carbocycles. The van der Waals surface area contributed by atoms with E-state index in [1.54, 1.807) is 12.1 Å². The summed E-state index contributed by atoms with van der Waals surface area (Å²) in [6.07, 6.45) is -3.26. The Kier molecular flexibility index (Phi) is 5.93. The van der Waals surface area contributed by atoms with Crippen molar-refractivity contribution in [3.05, 3.63) is 88.2 Å². The second-order valence-corrected chi connectivity index (χ2v) is 7.90. The maximum absolute atomic E-state index is 15.2. The largest absolute Gasteiger partial charge is 0.573 e. The summed E-state index contributed by atoms with van der Waals surface area (Å²) < 4.78 is 85.2. The third-order valence-corrected chi connectivity index (χ3v) is 5.90. The molecule has 0 fully saturated rings. The number of hydrogen-bond donors (Lipinski definition) is 0. The number of rotatable bonds is 4. The lowest BCUT2D eigenvalue weighted by atomic mass is 9.78. The van der Waals surface area contributed by atoms with Crippen molar-refractivity contribution in [3.8, 4) is 16.9 Å². The van der Waals surface area contributed by atoms with Crippen LogP contribution in [0.1, 0.15) is 41.5 Å². The van der Waals surface area contributed by atoms with E-state index in [1.807, 2.05) is 6.92 Å². The highest BCUT2D eigenvalue weighted by Gasteiger charge is 2.31. The monoisotopic (exact) mass is 450 g/mol. The molecule has 32 heavy (non-hydrogen) atoms. The van der Waals surface area contributed by atoms with Crippen molar-refractivity contribution in [3.63, 3.8) is 0 Å². The molecule has 0 spiro atoms. The van der Waals surface area contributed by atoms with Gasteiger partial charge in [0.25, 0.3) is 0 Å². The Balaban J connectivity index is 1.60. The van der Waals surface area contributed by atoms with E-state index in [0.29, 0.717) is 47.9 Å².